The molecule has 0 atom stereocenters. The first-order valence-electron chi connectivity index (χ1n) is 5.76. The fourth-order valence-corrected chi connectivity index (χ4v) is 2.43. The zero-order chi connectivity index (χ0) is 11.8. The second-order valence-electron chi connectivity index (χ2n) is 4.13. The van der Waals surface area contributed by atoms with Crippen LogP contribution in [0.2, 0.25) is 5.02 Å². The van der Waals surface area contributed by atoms with Crippen LogP contribution in [0.5, 0.6) is 0 Å². The van der Waals surface area contributed by atoms with Crippen molar-refractivity contribution >= 4 is 33.3 Å². The van der Waals surface area contributed by atoms with E-state index in [1.165, 1.54) is 10.8 Å². The molecule has 0 spiro atoms. The van der Waals surface area contributed by atoms with Crippen LogP contribution in [0.25, 0.3) is 21.7 Å². The summed E-state index contributed by atoms with van der Waals surface area (Å²) >= 11 is 6.30. The second-order valence-corrected chi connectivity index (χ2v) is 4.54. The van der Waals surface area contributed by atoms with Crippen LogP contribution in [0.4, 0.5) is 0 Å². The number of aryl methyl sites for hydroxylation is 1. The fraction of sp³-hybridized carbons (Fsp3) is 0.133. The summed E-state index contributed by atoms with van der Waals surface area (Å²) in [6, 6.07) is 14.4. The number of aromatic nitrogens is 1. The van der Waals surface area contributed by atoms with E-state index in [1.807, 2.05) is 24.3 Å². The average molecular weight is 242 g/mol. The van der Waals surface area contributed by atoms with Gasteiger partial charge in [0.1, 0.15) is 0 Å². The molecule has 17 heavy (non-hydrogen) atoms. The van der Waals surface area contributed by atoms with Crippen LogP contribution in [-0.4, -0.2) is 4.98 Å². The molecular formula is C15H12ClN. The number of rotatable bonds is 1. The van der Waals surface area contributed by atoms with Crippen molar-refractivity contribution in [3.05, 3.63) is 53.2 Å². The van der Waals surface area contributed by atoms with Crippen molar-refractivity contribution in [3.8, 4) is 0 Å². The van der Waals surface area contributed by atoms with Crippen LogP contribution in [0.3, 0.4) is 0 Å². The Morgan fingerprint density at radius 2 is 1.88 bits per heavy atom. The highest BCUT2D eigenvalue weighted by Crippen LogP contribution is 2.29. The molecule has 3 aromatic rings. The first kappa shape index (κ1) is 10.5. The molecule has 1 nitrogen and oxygen atoms in total. The van der Waals surface area contributed by atoms with Gasteiger partial charge in [-0.15, -0.1) is 0 Å². The lowest BCUT2D eigenvalue weighted by Gasteiger charge is -2.06. The highest BCUT2D eigenvalue weighted by atomic mass is 35.5. The largest absolute Gasteiger partial charge is 0.252 e. The lowest BCUT2D eigenvalue weighted by Crippen LogP contribution is -1.90. The summed E-state index contributed by atoms with van der Waals surface area (Å²) in [7, 11) is 0. The highest BCUT2D eigenvalue weighted by molar-refractivity contribution is 6.36. The Hall–Kier alpha value is -1.60. The number of pyridine rings is 1. The summed E-state index contributed by atoms with van der Waals surface area (Å²) < 4.78 is 0. The van der Waals surface area contributed by atoms with Crippen LogP contribution in [0.15, 0.2) is 42.5 Å². The van der Waals surface area contributed by atoms with Crippen LogP contribution in [0.1, 0.15) is 12.6 Å². The topological polar surface area (TPSA) is 12.9 Å². The molecule has 84 valence electrons. The molecule has 3 rings (SSSR count). The Kier molecular flexibility index (Phi) is 2.49. The van der Waals surface area contributed by atoms with Gasteiger partial charge in [-0.25, -0.2) is 0 Å². The first-order chi connectivity index (χ1) is 8.29. The minimum Gasteiger partial charge on any atom is -0.252 e. The second kappa shape index (κ2) is 4.01. The van der Waals surface area contributed by atoms with E-state index >= 15 is 0 Å². The minimum atomic E-state index is 0.789. The fourth-order valence-electron chi connectivity index (χ4n) is 2.15. The van der Waals surface area contributed by atoms with E-state index in [0.717, 1.165) is 28.0 Å². The molecule has 0 unspecified atom stereocenters. The molecule has 0 radical (unpaired) electrons. The van der Waals surface area contributed by atoms with Crippen LogP contribution < -0.4 is 0 Å². The van der Waals surface area contributed by atoms with Gasteiger partial charge in [-0.2, -0.15) is 0 Å². The van der Waals surface area contributed by atoms with Crippen molar-refractivity contribution in [2.45, 2.75) is 13.3 Å². The van der Waals surface area contributed by atoms with E-state index in [4.69, 9.17) is 16.6 Å². The molecule has 0 bridgehead atoms. The van der Waals surface area contributed by atoms with Crippen molar-refractivity contribution in [3.63, 3.8) is 0 Å². The van der Waals surface area contributed by atoms with E-state index in [1.54, 1.807) is 0 Å². The standard InChI is InChI=1S/C15H12ClN/c1-2-11-9-14(16)13-8-7-10-5-3-4-6-12(10)15(13)17-11/h3-9H,2H2,1H3. The molecule has 0 aliphatic carbocycles. The summed E-state index contributed by atoms with van der Waals surface area (Å²) in [6.07, 6.45) is 0.902. The number of halogens is 1. The van der Waals surface area contributed by atoms with Gasteiger partial charge in [0.2, 0.25) is 0 Å². The Bertz CT molecular complexity index is 704. The van der Waals surface area contributed by atoms with Gasteiger partial charge in [0, 0.05) is 16.5 Å². The van der Waals surface area contributed by atoms with Gasteiger partial charge in [0.15, 0.2) is 0 Å². The molecule has 2 aromatic carbocycles. The number of hydrogen-bond donors (Lipinski definition) is 0. The first-order valence-corrected chi connectivity index (χ1v) is 6.14. The van der Waals surface area contributed by atoms with Gasteiger partial charge in [-0.05, 0) is 17.9 Å². The summed E-state index contributed by atoms with van der Waals surface area (Å²) in [4.78, 5) is 4.70. The third-order valence-corrected chi connectivity index (χ3v) is 3.38. The van der Waals surface area contributed by atoms with E-state index in [-0.39, 0.29) is 0 Å². The third kappa shape index (κ3) is 1.67. The maximum Gasteiger partial charge on any atom is 0.0798 e. The normalized spacial score (nSPS) is 11.2. The Morgan fingerprint density at radius 1 is 1.06 bits per heavy atom. The van der Waals surface area contributed by atoms with E-state index in [2.05, 4.69) is 25.1 Å². The smallest absolute Gasteiger partial charge is 0.0798 e. The molecule has 0 aliphatic heterocycles. The van der Waals surface area contributed by atoms with Crippen molar-refractivity contribution in [1.29, 1.82) is 0 Å². The monoisotopic (exact) mass is 241 g/mol. The van der Waals surface area contributed by atoms with Gasteiger partial charge < -0.3 is 0 Å². The van der Waals surface area contributed by atoms with Crippen LogP contribution in [-0.2, 0) is 6.42 Å². The number of benzene rings is 2. The number of hydrogen-bond acceptors (Lipinski definition) is 1. The lowest BCUT2D eigenvalue weighted by atomic mass is 10.1. The summed E-state index contributed by atoms with van der Waals surface area (Å²) in [5, 5.41) is 4.19. The maximum atomic E-state index is 6.30. The van der Waals surface area contributed by atoms with E-state index < -0.39 is 0 Å². The Balaban J connectivity index is 2.51. The molecule has 0 saturated heterocycles. The quantitative estimate of drug-likeness (QED) is 0.567. The molecule has 1 heterocycles. The van der Waals surface area contributed by atoms with Crippen molar-refractivity contribution < 1.29 is 0 Å². The third-order valence-electron chi connectivity index (χ3n) is 3.07. The summed E-state index contributed by atoms with van der Waals surface area (Å²) in [6.45, 7) is 2.09. The number of nitrogens with zero attached hydrogens (tertiary/aromatic N) is 1. The predicted octanol–water partition coefficient (Wildman–Crippen LogP) is 4.60. The lowest BCUT2D eigenvalue weighted by molar-refractivity contribution is 1.06. The zero-order valence-electron chi connectivity index (χ0n) is 9.57. The molecule has 0 saturated carbocycles. The van der Waals surface area contributed by atoms with E-state index in [9.17, 15) is 0 Å². The molecule has 0 aliphatic rings. The van der Waals surface area contributed by atoms with Crippen molar-refractivity contribution in [2.24, 2.45) is 0 Å². The van der Waals surface area contributed by atoms with Gasteiger partial charge in [0.25, 0.3) is 0 Å². The highest BCUT2D eigenvalue weighted by Gasteiger charge is 2.06. The Morgan fingerprint density at radius 3 is 2.71 bits per heavy atom. The van der Waals surface area contributed by atoms with Gasteiger partial charge in [0.05, 0.1) is 10.5 Å². The van der Waals surface area contributed by atoms with Crippen LogP contribution in [0, 0.1) is 0 Å². The van der Waals surface area contributed by atoms with Crippen molar-refractivity contribution in [2.75, 3.05) is 0 Å². The Labute approximate surface area is 105 Å². The molecular weight excluding hydrogens is 230 g/mol. The maximum absolute atomic E-state index is 6.30. The molecule has 2 heteroatoms. The number of fused-ring (bicyclic) bond motifs is 3. The molecule has 0 amide bonds. The van der Waals surface area contributed by atoms with E-state index in [0.29, 0.717) is 0 Å². The average Bonchev–Trinajstić information content (AvgIpc) is 2.38. The molecule has 0 N–H and O–H groups in total. The summed E-state index contributed by atoms with van der Waals surface area (Å²) in [5.41, 5.74) is 2.05. The van der Waals surface area contributed by atoms with Gasteiger partial charge in [-0.3, -0.25) is 4.98 Å². The van der Waals surface area contributed by atoms with Crippen LogP contribution >= 0.6 is 11.6 Å². The predicted molar refractivity (Wildman–Crippen MR) is 73.6 cm³/mol. The zero-order valence-corrected chi connectivity index (χ0v) is 10.3. The summed E-state index contributed by atoms with van der Waals surface area (Å²) in [5.74, 6) is 0. The molecule has 1 aromatic heterocycles. The van der Waals surface area contributed by atoms with Gasteiger partial charge >= 0.3 is 0 Å². The van der Waals surface area contributed by atoms with Gasteiger partial charge in [-0.1, -0.05) is 54.9 Å². The van der Waals surface area contributed by atoms with Crippen molar-refractivity contribution in [1.82, 2.24) is 4.98 Å². The SMILES string of the molecule is CCc1cc(Cl)c2ccc3ccccc3c2n1. The molecule has 0 fully saturated rings. The minimum absolute atomic E-state index is 0.789.